The van der Waals surface area contributed by atoms with E-state index in [0.29, 0.717) is 23.0 Å². The number of halogens is 1. The Morgan fingerprint density at radius 1 is 1.36 bits per heavy atom. The van der Waals surface area contributed by atoms with Crippen LogP contribution in [0.1, 0.15) is 38.3 Å². The van der Waals surface area contributed by atoms with E-state index in [-0.39, 0.29) is 29.6 Å². The third-order valence-corrected chi connectivity index (χ3v) is 5.71. The molecule has 0 aliphatic heterocycles. The lowest BCUT2D eigenvalue weighted by atomic mass is 10.1. The number of nitrogens with one attached hydrogen (secondary N) is 2. The predicted octanol–water partition coefficient (Wildman–Crippen LogP) is 3.44. The molecule has 0 saturated heterocycles. The van der Waals surface area contributed by atoms with Crippen LogP contribution in [0.4, 0.5) is 0 Å². The summed E-state index contributed by atoms with van der Waals surface area (Å²) in [5.74, 6) is 0.793. The summed E-state index contributed by atoms with van der Waals surface area (Å²) in [6.07, 6.45) is 5.25. The fourth-order valence-corrected chi connectivity index (χ4v) is 3.30. The molecule has 1 aromatic carbocycles. The van der Waals surface area contributed by atoms with Crippen molar-refractivity contribution in [1.29, 1.82) is 0 Å². The van der Waals surface area contributed by atoms with Crippen molar-refractivity contribution in [1.82, 2.24) is 10.3 Å². The van der Waals surface area contributed by atoms with Crippen molar-refractivity contribution in [3.05, 3.63) is 40.7 Å². The fourth-order valence-electron chi connectivity index (χ4n) is 3.07. The van der Waals surface area contributed by atoms with Crippen LogP contribution in [-0.2, 0) is 16.1 Å². The monoisotopic (exact) mass is 401 g/mol. The molecule has 0 unspecified atom stereocenters. The van der Waals surface area contributed by atoms with Crippen molar-refractivity contribution in [3.63, 3.8) is 0 Å². The van der Waals surface area contributed by atoms with Gasteiger partial charge in [-0.2, -0.15) is 0 Å². The number of allylic oxidation sites excluding steroid dienone is 1. The van der Waals surface area contributed by atoms with Gasteiger partial charge in [-0.15, -0.1) is 0 Å². The van der Waals surface area contributed by atoms with Crippen LogP contribution < -0.4 is 15.8 Å². The minimum atomic E-state index is -0.190. The van der Waals surface area contributed by atoms with Crippen LogP contribution in [0.25, 0.3) is 10.9 Å². The third kappa shape index (κ3) is 4.17. The number of carbonyl (C=O) groups is 2. The van der Waals surface area contributed by atoms with Gasteiger partial charge in [-0.25, -0.2) is 0 Å². The van der Waals surface area contributed by atoms with Crippen molar-refractivity contribution in [2.24, 2.45) is 17.1 Å². The Morgan fingerprint density at radius 2 is 2.11 bits per heavy atom. The molecule has 4 N–H and O–H groups in total. The van der Waals surface area contributed by atoms with E-state index in [9.17, 15) is 9.59 Å². The normalized spacial score (nSPS) is 18.1. The number of H-pyrrole nitrogens is 1. The van der Waals surface area contributed by atoms with Crippen LogP contribution >= 0.6 is 11.6 Å². The summed E-state index contributed by atoms with van der Waals surface area (Å²) in [4.78, 5) is 27.1. The van der Waals surface area contributed by atoms with Gasteiger partial charge < -0.3 is 20.8 Å². The Morgan fingerprint density at radius 3 is 2.79 bits per heavy atom. The molecule has 0 spiro atoms. The molecular formula is C21H24ClN3O3. The molecule has 2 aliphatic carbocycles. The molecule has 1 heterocycles. The van der Waals surface area contributed by atoms with Crippen molar-refractivity contribution >= 4 is 34.2 Å². The van der Waals surface area contributed by atoms with Crippen molar-refractivity contribution in [3.8, 4) is 5.75 Å². The number of benzene rings is 1. The van der Waals surface area contributed by atoms with Crippen molar-refractivity contribution < 1.29 is 14.3 Å². The molecule has 6 nitrogen and oxygen atoms in total. The number of amides is 1. The topological polar surface area (TPSA) is 97.2 Å². The van der Waals surface area contributed by atoms with E-state index >= 15 is 0 Å². The van der Waals surface area contributed by atoms with Gasteiger partial charge in [0.25, 0.3) is 0 Å². The Kier molecular flexibility index (Phi) is 4.83. The van der Waals surface area contributed by atoms with Gasteiger partial charge in [0.2, 0.25) is 5.91 Å². The lowest BCUT2D eigenvalue weighted by molar-refractivity contribution is -0.125. The second-order valence-corrected chi connectivity index (χ2v) is 8.50. The van der Waals surface area contributed by atoms with Gasteiger partial charge in [0.15, 0.2) is 5.78 Å². The van der Waals surface area contributed by atoms with Gasteiger partial charge in [-0.1, -0.05) is 18.5 Å². The standard InChI is InChI=1S/C21H24ClN3O3/c1-21(4-5-21)20(27)24-10-15-6-13-7-16(22)19(9-17(13)25-15)28-11-14(23)8-18(26)12-2-3-12/h6-9,12,25H,2-5,10-11,23H2,1H3,(H,24,27)/b14-8-. The first-order chi connectivity index (χ1) is 13.3. The van der Waals surface area contributed by atoms with E-state index in [1.54, 1.807) is 6.07 Å². The van der Waals surface area contributed by atoms with Crippen molar-refractivity contribution in [2.45, 2.75) is 39.2 Å². The predicted molar refractivity (Wildman–Crippen MR) is 108 cm³/mol. The Hall–Kier alpha value is -2.47. The molecular weight excluding hydrogens is 378 g/mol. The lowest BCUT2D eigenvalue weighted by Gasteiger charge is -2.09. The zero-order valence-electron chi connectivity index (χ0n) is 15.8. The highest BCUT2D eigenvalue weighted by molar-refractivity contribution is 6.32. The minimum absolute atomic E-state index is 0.0683. The third-order valence-electron chi connectivity index (χ3n) is 5.42. The van der Waals surface area contributed by atoms with E-state index in [4.69, 9.17) is 22.1 Å². The van der Waals surface area contributed by atoms with E-state index in [1.807, 2.05) is 19.1 Å². The molecule has 2 fully saturated rings. The number of fused-ring (bicyclic) bond motifs is 1. The molecule has 28 heavy (non-hydrogen) atoms. The van der Waals surface area contributed by atoms with Crippen molar-refractivity contribution in [2.75, 3.05) is 6.61 Å². The Bertz CT molecular complexity index is 971. The molecule has 0 radical (unpaired) electrons. The molecule has 1 aromatic heterocycles. The molecule has 0 atom stereocenters. The minimum Gasteiger partial charge on any atom is -0.486 e. The summed E-state index contributed by atoms with van der Waals surface area (Å²) in [6, 6.07) is 5.58. The fraction of sp³-hybridized carbons (Fsp3) is 0.429. The molecule has 2 aliphatic rings. The number of hydrogen-bond acceptors (Lipinski definition) is 4. The second-order valence-electron chi connectivity index (χ2n) is 8.09. The van der Waals surface area contributed by atoms with Crippen LogP contribution in [0.2, 0.25) is 5.02 Å². The van der Waals surface area contributed by atoms with Gasteiger partial charge in [-0.3, -0.25) is 9.59 Å². The maximum Gasteiger partial charge on any atom is 0.226 e. The SMILES string of the molecule is CC1(C(=O)NCc2cc3cc(Cl)c(OC/C(N)=C/C(=O)C4CC4)cc3[nH]2)CC1. The first kappa shape index (κ1) is 18.9. The summed E-state index contributed by atoms with van der Waals surface area (Å²) in [5, 5.41) is 4.38. The molecule has 7 heteroatoms. The Balaban J connectivity index is 1.40. The highest BCUT2D eigenvalue weighted by atomic mass is 35.5. The van der Waals surface area contributed by atoms with Gasteiger partial charge in [0, 0.05) is 45.8 Å². The van der Waals surface area contributed by atoms with Gasteiger partial charge in [-0.05, 0) is 37.8 Å². The molecule has 1 amide bonds. The highest BCUT2D eigenvalue weighted by Crippen LogP contribution is 2.45. The summed E-state index contributed by atoms with van der Waals surface area (Å²) in [6.45, 7) is 2.52. The van der Waals surface area contributed by atoms with Crippen LogP contribution in [0.15, 0.2) is 30.0 Å². The first-order valence-corrected chi connectivity index (χ1v) is 9.94. The molecule has 0 bridgehead atoms. The number of carbonyl (C=O) groups excluding carboxylic acids is 2. The van der Waals surface area contributed by atoms with Crippen LogP contribution in [0.3, 0.4) is 0 Å². The maximum absolute atomic E-state index is 12.1. The van der Waals surface area contributed by atoms with E-state index in [2.05, 4.69) is 10.3 Å². The number of ketones is 1. The molecule has 148 valence electrons. The highest BCUT2D eigenvalue weighted by Gasteiger charge is 2.44. The summed E-state index contributed by atoms with van der Waals surface area (Å²) in [5.41, 5.74) is 7.84. The number of nitrogens with two attached hydrogens (primary N) is 1. The van der Waals surface area contributed by atoms with E-state index < -0.39 is 0 Å². The van der Waals surface area contributed by atoms with Crippen LogP contribution in [0.5, 0.6) is 5.75 Å². The van der Waals surface area contributed by atoms with Crippen LogP contribution in [0, 0.1) is 11.3 Å². The number of hydrogen-bond donors (Lipinski definition) is 3. The number of aromatic amines is 1. The average Bonchev–Trinajstić information content (AvgIpc) is 3.57. The largest absolute Gasteiger partial charge is 0.486 e. The van der Waals surface area contributed by atoms with Gasteiger partial charge >= 0.3 is 0 Å². The molecule has 2 aromatic rings. The summed E-state index contributed by atoms with van der Waals surface area (Å²) >= 11 is 6.32. The quantitative estimate of drug-likeness (QED) is 0.590. The summed E-state index contributed by atoms with van der Waals surface area (Å²) < 4.78 is 5.70. The molecule has 4 rings (SSSR count). The average molecular weight is 402 g/mol. The van der Waals surface area contributed by atoms with Gasteiger partial charge in [0.1, 0.15) is 12.4 Å². The number of aromatic nitrogens is 1. The van der Waals surface area contributed by atoms with E-state index in [0.717, 1.165) is 42.3 Å². The molecule has 2 saturated carbocycles. The van der Waals surface area contributed by atoms with Crippen LogP contribution in [-0.4, -0.2) is 23.3 Å². The Labute approximate surface area is 168 Å². The lowest BCUT2D eigenvalue weighted by Crippen LogP contribution is -2.29. The second kappa shape index (κ2) is 7.17. The van der Waals surface area contributed by atoms with Gasteiger partial charge in [0.05, 0.1) is 11.6 Å². The zero-order chi connectivity index (χ0) is 19.9. The zero-order valence-corrected chi connectivity index (χ0v) is 16.6. The first-order valence-electron chi connectivity index (χ1n) is 9.56. The number of rotatable bonds is 8. The smallest absolute Gasteiger partial charge is 0.226 e. The number of ether oxygens (including phenoxy) is 1. The summed E-state index contributed by atoms with van der Waals surface area (Å²) in [7, 11) is 0. The van der Waals surface area contributed by atoms with E-state index in [1.165, 1.54) is 6.08 Å². The maximum atomic E-state index is 12.1.